The standard InChI is InChI=1S/C13H18O4/c1-2-3-8(14)4-5-9-10-6-13(16)17-12(10)7-11(9)15/h4-5,9-12,15H,2-3,6-7H2,1H3/b5-4+/t9-,10-,11-,12+/m1/s1. The minimum Gasteiger partial charge on any atom is -0.462 e. The van der Waals surface area contributed by atoms with Crippen LogP contribution in [0.2, 0.25) is 0 Å². The normalized spacial score (nSPS) is 36.2. The van der Waals surface area contributed by atoms with Gasteiger partial charge in [0.15, 0.2) is 5.78 Å². The number of fused-ring (bicyclic) bond motifs is 1. The molecule has 2 rings (SSSR count). The lowest BCUT2D eigenvalue weighted by atomic mass is 9.91. The summed E-state index contributed by atoms with van der Waals surface area (Å²) >= 11 is 0. The lowest BCUT2D eigenvalue weighted by molar-refractivity contribution is -0.141. The van der Waals surface area contributed by atoms with Gasteiger partial charge < -0.3 is 9.84 Å². The molecule has 17 heavy (non-hydrogen) atoms. The smallest absolute Gasteiger partial charge is 0.306 e. The molecule has 1 aliphatic heterocycles. The Labute approximate surface area is 101 Å². The van der Waals surface area contributed by atoms with Gasteiger partial charge in [-0.05, 0) is 12.5 Å². The molecule has 0 aromatic carbocycles. The summed E-state index contributed by atoms with van der Waals surface area (Å²) in [6.07, 6.45) is 4.86. The summed E-state index contributed by atoms with van der Waals surface area (Å²) in [6.45, 7) is 1.95. The number of ether oxygens (including phenoxy) is 1. The van der Waals surface area contributed by atoms with E-state index >= 15 is 0 Å². The molecule has 1 aliphatic carbocycles. The van der Waals surface area contributed by atoms with E-state index in [1.165, 1.54) is 0 Å². The van der Waals surface area contributed by atoms with Crippen LogP contribution < -0.4 is 0 Å². The van der Waals surface area contributed by atoms with Crippen molar-refractivity contribution in [3.8, 4) is 0 Å². The number of carbonyl (C=O) groups excluding carboxylic acids is 2. The van der Waals surface area contributed by atoms with Crippen LogP contribution in [-0.2, 0) is 14.3 Å². The predicted octanol–water partition coefficient (Wildman–Crippen LogP) is 1.22. The van der Waals surface area contributed by atoms with Crippen LogP contribution in [0.1, 0.15) is 32.6 Å². The summed E-state index contributed by atoms with van der Waals surface area (Å²) < 4.78 is 5.12. The second-order valence-electron chi connectivity index (χ2n) is 4.85. The third-order valence-electron chi connectivity index (χ3n) is 3.58. The molecule has 2 fully saturated rings. The fourth-order valence-electron chi connectivity index (χ4n) is 2.73. The van der Waals surface area contributed by atoms with Crippen molar-refractivity contribution in [2.24, 2.45) is 11.8 Å². The summed E-state index contributed by atoms with van der Waals surface area (Å²) in [7, 11) is 0. The Morgan fingerprint density at radius 2 is 2.35 bits per heavy atom. The average Bonchev–Trinajstić information content (AvgIpc) is 2.71. The van der Waals surface area contributed by atoms with Crippen LogP contribution in [0.5, 0.6) is 0 Å². The number of esters is 1. The first-order valence-electron chi connectivity index (χ1n) is 6.20. The topological polar surface area (TPSA) is 63.6 Å². The Morgan fingerprint density at radius 1 is 1.59 bits per heavy atom. The zero-order valence-electron chi connectivity index (χ0n) is 9.96. The molecule has 4 heteroatoms. The fourth-order valence-corrected chi connectivity index (χ4v) is 2.73. The molecule has 0 aromatic rings. The second kappa shape index (κ2) is 5.00. The summed E-state index contributed by atoms with van der Waals surface area (Å²) in [4.78, 5) is 22.6. The van der Waals surface area contributed by atoms with Gasteiger partial charge in [-0.2, -0.15) is 0 Å². The highest BCUT2D eigenvalue weighted by Crippen LogP contribution is 2.41. The van der Waals surface area contributed by atoms with Crippen LogP contribution in [0.25, 0.3) is 0 Å². The monoisotopic (exact) mass is 238 g/mol. The van der Waals surface area contributed by atoms with Crippen LogP contribution in [0.3, 0.4) is 0 Å². The van der Waals surface area contributed by atoms with E-state index in [2.05, 4.69) is 0 Å². The zero-order valence-corrected chi connectivity index (χ0v) is 9.96. The van der Waals surface area contributed by atoms with Gasteiger partial charge in [0.1, 0.15) is 6.10 Å². The number of hydrogen-bond donors (Lipinski definition) is 1. The van der Waals surface area contributed by atoms with Crippen LogP contribution in [0.4, 0.5) is 0 Å². The van der Waals surface area contributed by atoms with E-state index in [0.29, 0.717) is 19.3 Å². The van der Waals surface area contributed by atoms with Crippen molar-refractivity contribution >= 4 is 11.8 Å². The minimum absolute atomic E-state index is 0.0446. The van der Waals surface area contributed by atoms with Crippen molar-refractivity contribution < 1.29 is 19.4 Å². The first-order chi connectivity index (χ1) is 8.11. The molecule has 0 spiro atoms. The molecule has 0 radical (unpaired) electrons. The van der Waals surface area contributed by atoms with Gasteiger partial charge in [0.25, 0.3) is 0 Å². The van der Waals surface area contributed by atoms with Crippen molar-refractivity contribution in [1.82, 2.24) is 0 Å². The molecule has 0 unspecified atom stereocenters. The fraction of sp³-hybridized carbons (Fsp3) is 0.692. The van der Waals surface area contributed by atoms with Crippen molar-refractivity contribution in [2.75, 3.05) is 0 Å². The number of hydrogen-bond acceptors (Lipinski definition) is 4. The summed E-state index contributed by atoms with van der Waals surface area (Å²) in [5.41, 5.74) is 0. The Kier molecular flexibility index (Phi) is 3.62. The molecule has 1 saturated heterocycles. The maximum Gasteiger partial charge on any atom is 0.306 e. The zero-order chi connectivity index (χ0) is 12.4. The van der Waals surface area contributed by atoms with Gasteiger partial charge in [0, 0.05) is 24.7 Å². The largest absolute Gasteiger partial charge is 0.462 e. The van der Waals surface area contributed by atoms with E-state index in [1.54, 1.807) is 12.2 Å². The van der Waals surface area contributed by atoms with Gasteiger partial charge in [-0.25, -0.2) is 0 Å². The van der Waals surface area contributed by atoms with Crippen LogP contribution in [-0.4, -0.2) is 29.1 Å². The lowest BCUT2D eigenvalue weighted by Crippen LogP contribution is -2.18. The van der Waals surface area contributed by atoms with Crippen LogP contribution in [0, 0.1) is 11.8 Å². The quantitative estimate of drug-likeness (QED) is 0.591. The molecule has 2 aliphatic rings. The van der Waals surface area contributed by atoms with Crippen LogP contribution in [0.15, 0.2) is 12.2 Å². The second-order valence-corrected chi connectivity index (χ2v) is 4.85. The molecule has 4 nitrogen and oxygen atoms in total. The van der Waals surface area contributed by atoms with E-state index in [0.717, 1.165) is 6.42 Å². The van der Waals surface area contributed by atoms with E-state index < -0.39 is 6.10 Å². The molecule has 1 saturated carbocycles. The summed E-state index contributed by atoms with van der Waals surface area (Å²) in [5, 5.41) is 9.87. The number of rotatable bonds is 4. The first-order valence-corrected chi connectivity index (χ1v) is 6.20. The van der Waals surface area contributed by atoms with Crippen LogP contribution >= 0.6 is 0 Å². The number of carbonyl (C=O) groups is 2. The third kappa shape index (κ3) is 2.57. The number of aliphatic hydroxyl groups excluding tert-OH is 1. The number of ketones is 1. The first kappa shape index (κ1) is 12.3. The summed E-state index contributed by atoms with van der Waals surface area (Å²) in [6, 6.07) is 0. The minimum atomic E-state index is -0.497. The molecule has 0 aromatic heterocycles. The highest BCUT2D eigenvalue weighted by atomic mass is 16.6. The van der Waals surface area contributed by atoms with Gasteiger partial charge >= 0.3 is 5.97 Å². The van der Waals surface area contributed by atoms with E-state index in [4.69, 9.17) is 4.74 Å². The van der Waals surface area contributed by atoms with Crippen molar-refractivity contribution in [2.45, 2.75) is 44.8 Å². The van der Waals surface area contributed by atoms with E-state index in [-0.39, 0.29) is 29.7 Å². The van der Waals surface area contributed by atoms with Gasteiger partial charge in [-0.3, -0.25) is 9.59 Å². The van der Waals surface area contributed by atoms with Gasteiger partial charge in [0.2, 0.25) is 0 Å². The van der Waals surface area contributed by atoms with Gasteiger partial charge in [-0.15, -0.1) is 0 Å². The SMILES string of the molecule is CCCC(=O)/C=C/[C@@H]1[C@H]2CC(=O)O[C@H]2C[C@H]1O. The maximum atomic E-state index is 11.4. The van der Waals surface area contributed by atoms with E-state index in [1.807, 2.05) is 6.92 Å². The van der Waals surface area contributed by atoms with Gasteiger partial charge in [0.05, 0.1) is 12.5 Å². The van der Waals surface area contributed by atoms with Gasteiger partial charge in [-0.1, -0.05) is 13.0 Å². The molecule has 0 amide bonds. The Bertz CT molecular complexity index is 347. The highest BCUT2D eigenvalue weighted by molar-refractivity contribution is 5.89. The average molecular weight is 238 g/mol. The van der Waals surface area contributed by atoms with Crippen molar-refractivity contribution in [3.63, 3.8) is 0 Å². The lowest BCUT2D eigenvalue weighted by Gasteiger charge is -2.14. The molecule has 4 atom stereocenters. The molecular formula is C13H18O4. The number of aliphatic hydroxyl groups is 1. The molecular weight excluding hydrogens is 220 g/mol. The third-order valence-corrected chi connectivity index (χ3v) is 3.58. The Balaban J connectivity index is 2.00. The Hall–Kier alpha value is -1.16. The summed E-state index contributed by atoms with van der Waals surface area (Å²) in [5.74, 6) is -0.186. The Morgan fingerprint density at radius 3 is 3.06 bits per heavy atom. The van der Waals surface area contributed by atoms with Crippen molar-refractivity contribution in [3.05, 3.63) is 12.2 Å². The highest BCUT2D eigenvalue weighted by Gasteiger charge is 2.48. The number of allylic oxidation sites excluding steroid dienone is 1. The predicted molar refractivity (Wildman–Crippen MR) is 61.2 cm³/mol. The molecule has 1 N–H and O–H groups in total. The molecule has 94 valence electrons. The van der Waals surface area contributed by atoms with E-state index in [9.17, 15) is 14.7 Å². The maximum absolute atomic E-state index is 11.4. The van der Waals surface area contributed by atoms with Crippen molar-refractivity contribution in [1.29, 1.82) is 0 Å². The molecule has 0 bridgehead atoms. The molecule has 1 heterocycles.